The molecule has 2 heterocycles. The number of rotatable bonds is 4. The van der Waals surface area contributed by atoms with E-state index >= 15 is 0 Å². The van der Waals surface area contributed by atoms with Crippen LogP contribution in [-0.2, 0) is 4.74 Å². The molecule has 0 radical (unpaired) electrons. The molecule has 3 atom stereocenters. The lowest BCUT2D eigenvalue weighted by molar-refractivity contribution is -0.0421. The van der Waals surface area contributed by atoms with E-state index in [9.17, 15) is 0 Å². The molecule has 2 aliphatic rings. The molecule has 2 rings (SSSR count). The summed E-state index contributed by atoms with van der Waals surface area (Å²) < 4.78 is 5.87. The van der Waals surface area contributed by atoms with Crippen molar-refractivity contribution in [2.75, 3.05) is 53.4 Å². The van der Waals surface area contributed by atoms with Crippen molar-refractivity contribution in [3.8, 4) is 0 Å². The van der Waals surface area contributed by atoms with Crippen LogP contribution in [0.1, 0.15) is 19.8 Å². The number of nitrogens with zero attached hydrogens (tertiary/aromatic N) is 2. The normalized spacial score (nSPS) is 35.8. The van der Waals surface area contributed by atoms with Crippen molar-refractivity contribution in [1.29, 1.82) is 0 Å². The highest BCUT2D eigenvalue weighted by atomic mass is 16.5. The fourth-order valence-electron chi connectivity index (χ4n) is 3.33. The van der Waals surface area contributed by atoms with Gasteiger partial charge in [0.05, 0.1) is 12.7 Å². The molecule has 0 aliphatic carbocycles. The largest absolute Gasteiger partial charge is 0.374 e. The van der Waals surface area contributed by atoms with Gasteiger partial charge in [-0.3, -0.25) is 0 Å². The maximum absolute atomic E-state index is 5.87. The van der Waals surface area contributed by atoms with Gasteiger partial charge in [-0.2, -0.15) is 0 Å². The van der Waals surface area contributed by atoms with Crippen molar-refractivity contribution in [3.05, 3.63) is 0 Å². The van der Waals surface area contributed by atoms with E-state index in [1.807, 2.05) is 0 Å². The van der Waals surface area contributed by atoms with Gasteiger partial charge in [-0.25, -0.2) is 0 Å². The molecule has 0 amide bonds. The number of hydrogen-bond donors (Lipinski definition) is 1. The molecule has 106 valence electrons. The first-order valence-corrected chi connectivity index (χ1v) is 7.42. The van der Waals surface area contributed by atoms with Gasteiger partial charge in [0.15, 0.2) is 0 Å². The number of hydrogen-bond acceptors (Lipinski definition) is 4. The zero-order valence-electron chi connectivity index (χ0n) is 12.2. The highest BCUT2D eigenvalue weighted by Crippen LogP contribution is 2.20. The Labute approximate surface area is 112 Å². The van der Waals surface area contributed by atoms with Crippen molar-refractivity contribution in [3.63, 3.8) is 0 Å². The monoisotopic (exact) mass is 255 g/mol. The molecule has 0 bridgehead atoms. The molecule has 3 unspecified atom stereocenters. The van der Waals surface area contributed by atoms with Gasteiger partial charge in [0.25, 0.3) is 0 Å². The van der Waals surface area contributed by atoms with Crippen LogP contribution in [0.5, 0.6) is 0 Å². The first-order valence-electron chi connectivity index (χ1n) is 7.42. The van der Waals surface area contributed by atoms with Gasteiger partial charge in [0.2, 0.25) is 0 Å². The Kier molecular flexibility index (Phi) is 5.42. The molecule has 0 aromatic rings. The average molecular weight is 255 g/mol. The Morgan fingerprint density at radius 3 is 2.78 bits per heavy atom. The number of morpholine rings is 1. The minimum absolute atomic E-state index is 0.410. The van der Waals surface area contributed by atoms with E-state index in [1.165, 1.54) is 25.9 Å². The van der Waals surface area contributed by atoms with Crippen molar-refractivity contribution in [2.24, 2.45) is 5.92 Å². The van der Waals surface area contributed by atoms with Crippen molar-refractivity contribution >= 4 is 0 Å². The van der Waals surface area contributed by atoms with Crippen molar-refractivity contribution in [2.45, 2.75) is 31.9 Å². The fourth-order valence-corrected chi connectivity index (χ4v) is 3.33. The fraction of sp³-hybridized carbons (Fsp3) is 1.00. The van der Waals surface area contributed by atoms with Crippen LogP contribution in [0.4, 0.5) is 0 Å². The van der Waals surface area contributed by atoms with E-state index in [-0.39, 0.29) is 0 Å². The Hall–Kier alpha value is -0.160. The number of piperidine rings is 1. The summed E-state index contributed by atoms with van der Waals surface area (Å²) in [4.78, 5) is 4.98. The molecule has 4 nitrogen and oxygen atoms in total. The molecule has 0 spiro atoms. The molecule has 18 heavy (non-hydrogen) atoms. The quantitative estimate of drug-likeness (QED) is 0.798. The van der Waals surface area contributed by atoms with Gasteiger partial charge < -0.3 is 19.9 Å². The summed E-state index contributed by atoms with van der Waals surface area (Å²) in [5.74, 6) is 0.796. The predicted molar refractivity (Wildman–Crippen MR) is 74.9 cm³/mol. The first kappa shape index (κ1) is 14.3. The molecule has 1 N–H and O–H groups in total. The second kappa shape index (κ2) is 6.85. The third-order valence-electron chi connectivity index (χ3n) is 4.52. The lowest BCUT2D eigenvalue weighted by atomic mass is 9.90. The molecule has 2 aliphatic heterocycles. The second-order valence-corrected chi connectivity index (χ2v) is 5.87. The van der Waals surface area contributed by atoms with Crippen LogP contribution in [0.3, 0.4) is 0 Å². The maximum Gasteiger partial charge on any atom is 0.0829 e. The molecule has 4 heteroatoms. The Morgan fingerprint density at radius 1 is 1.28 bits per heavy atom. The summed E-state index contributed by atoms with van der Waals surface area (Å²) >= 11 is 0. The minimum atomic E-state index is 0.410. The minimum Gasteiger partial charge on any atom is -0.374 e. The lowest BCUT2D eigenvalue weighted by Gasteiger charge is -2.41. The van der Waals surface area contributed by atoms with Crippen molar-refractivity contribution < 1.29 is 4.74 Å². The van der Waals surface area contributed by atoms with E-state index in [4.69, 9.17) is 4.74 Å². The van der Waals surface area contributed by atoms with Crippen LogP contribution in [-0.4, -0.2) is 75.4 Å². The predicted octanol–water partition coefficient (Wildman–Crippen LogP) is 0.637. The Morgan fingerprint density at radius 2 is 2.11 bits per heavy atom. The van der Waals surface area contributed by atoms with Gasteiger partial charge in [-0.05, 0) is 33.0 Å². The van der Waals surface area contributed by atoms with E-state index in [1.54, 1.807) is 0 Å². The first-order chi connectivity index (χ1) is 8.72. The van der Waals surface area contributed by atoms with E-state index in [2.05, 4.69) is 36.1 Å². The Balaban J connectivity index is 1.79. The number of nitrogens with one attached hydrogen (secondary N) is 1. The molecule has 2 fully saturated rings. The zero-order valence-corrected chi connectivity index (χ0v) is 12.2. The van der Waals surface area contributed by atoms with Crippen LogP contribution in [0.2, 0.25) is 0 Å². The smallest absolute Gasteiger partial charge is 0.0829 e. The lowest BCUT2D eigenvalue weighted by Crippen LogP contribution is -2.52. The van der Waals surface area contributed by atoms with Crippen LogP contribution < -0.4 is 5.32 Å². The van der Waals surface area contributed by atoms with Crippen LogP contribution >= 0.6 is 0 Å². The third-order valence-corrected chi connectivity index (χ3v) is 4.52. The second-order valence-electron chi connectivity index (χ2n) is 5.87. The highest BCUT2D eigenvalue weighted by molar-refractivity contribution is 4.85. The van der Waals surface area contributed by atoms with Crippen molar-refractivity contribution in [1.82, 2.24) is 15.1 Å². The van der Waals surface area contributed by atoms with Crippen LogP contribution in [0, 0.1) is 5.92 Å². The summed E-state index contributed by atoms with van der Waals surface area (Å²) in [5, 5.41) is 3.47. The van der Waals surface area contributed by atoms with Crippen LogP contribution in [0.25, 0.3) is 0 Å². The zero-order chi connectivity index (χ0) is 13.0. The summed E-state index contributed by atoms with van der Waals surface area (Å²) in [7, 11) is 4.29. The summed E-state index contributed by atoms with van der Waals surface area (Å²) in [6, 6.07) is 0.709. The molecule has 2 saturated heterocycles. The van der Waals surface area contributed by atoms with E-state index in [0.717, 1.165) is 32.2 Å². The van der Waals surface area contributed by atoms with Gasteiger partial charge in [0, 0.05) is 32.2 Å². The SMILES string of the molecule is CCC1CN(CC2CN(C)CCO2)CCC1NC. The highest BCUT2D eigenvalue weighted by Gasteiger charge is 2.29. The average Bonchev–Trinajstić information content (AvgIpc) is 2.38. The van der Waals surface area contributed by atoms with Gasteiger partial charge in [0.1, 0.15) is 0 Å². The molecule has 0 saturated carbocycles. The van der Waals surface area contributed by atoms with E-state index < -0.39 is 0 Å². The molecular weight excluding hydrogens is 226 g/mol. The van der Waals surface area contributed by atoms with E-state index in [0.29, 0.717) is 12.1 Å². The summed E-state index contributed by atoms with van der Waals surface area (Å²) in [6.45, 7) is 8.92. The van der Waals surface area contributed by atoms with Gasteiger partial charge in [-0.1, -0.05) is 13.3 Å². The molecule has 0 aromatic carbocycles. The van der Waals surface area contributed by atoms with Crippen LogP contribution in [0.15, 0.2) is 0 Å². The summed E-state index contributed by atoms with van der Waals surface area (Å²) in [5.41, 5.74) is 0. The maximum atomic E-state index is 5.87. The standard InChI is InChI=1S/C14H29N3O/c1-4-12-9-17(6-5-14(12)15-2)11-13-10-16(3)7-8-18-13/h12-15H,4-11H2,1-3H3. The molecule has 0 aromatic heterocycles. The number of ether oxygens (including phenoxy) is 1. The summed E-state index contributed by atoms with van der Waals surface area (Å²) in [6.07, 6.45) is 2.96. The number of likely N-dealkylation sites (tertiary alicyclic amines) is 1. The topological polar surface area (TPSA) is 27.7 Å². The molecular formula is C14H29N3O. The number of likely N-dealkylation sites (N-methyl/N-ethyl adjacent to an activating group) is 1. The third kappa shape index (κ3) is 3.67. The Bertz CT molecular complexity index is 249. The van der Waals surface area contributed by atoms with Gasteiger partial charge >= 0.3 is 0 Å². The van der Waals surface area contributed by atoms with Gasteiger partial charge in [-0.15, -0.1) is 0 Å².